The van der Waals surface area contributed by atoms with Gasteiger partial charge >= 0.3 is 12.0 Å². The first-order valence-corrected chi connectivity index (χ1v) is 9.01. The first kappa shape index (κ1) is 18.3. The van der Waals surface area contributed by atoms with Gasteiger partial charge in [0.2, 0.25) is 0 Å². The second kappa shape index (κ2) is 9.96. The van der Waals surface area contributed by atoms with E-state index in [0.29, 0.717) is 30.3 Å². The van der Waals surface area contributed by atoms with E-state index in [1.165, 1.54) is 32.1 Å². The van der Waals surface area contributed by atoms with Crippen LogP contribution in [0.5, 0.6) is 0 Å². The van der Waals surface area contributed by atoms with Gasteiger partial charge in [0.1, 0.15) is 0 Å². The number of carbonyl (C=O) groups is 2. The van der Waals surface area contributed by atoms with Crippen LogP contribution in [0.25, 0.3) is 0 Å². The van der Waals surface area contributed by atoms with E-state index in [0.717, 1.165) is 12.8 Å². The number of rotatable bonds is 7. The highest BCUT2D eigenvalue weighted by Crippen LogP contribution is 2.23. The zero-order chi connectivity index (χ0) is 17.2. The Balaban J connectivity index is 1.86. The van der Waals surface area contributed by atoms with Crippen molar-refractivity contribution in [2.24, 2.45) is 5.92 Å². The minimum absolute atomic E-state index is 0.269. The summed E-state index contributed by atoms with van der Waals surface area (Å²) < 4.78 is 5.24. The fourth-order valence-electron chi connectivity index (χ4n) is 2.95. The summed E-state index contributed by atoms with van der Waals surface area (Å²) in [7, 11) is 0. The maximum Gasteiger partial charge on any atom is 0.340 e. The smallest absolute Gasteiger partial charge is 0.340 e. The van der Waals surface area contributed by atoms with Crippen LogP contribution in [0.3, 0.4) is 0 Å². The summed E-state index contributed by atoms with van der Waals surface area (Å²) in [5, 5.41) is 5.69. The number of amides is 2. The lowest BCUT2D eigenvalue weighted by molar-refractivity contribution is 0.0501. The van der Waals surface area contributed by atoms with Crippen LogP contribution in [0.4, 0.5) is 10.5 Å². The second-order valence-electron chi connectivity index (χ2n) is 6.37. The van der Waals surface area contributed by atoms with Crippen LogP contribution in [0, 0.1) is 5.92 Å². The molecule has 1 aromatic rings. The van der Waals surface area contributed by atoms with Crippen molar-refractivity contribution in [3.63, 3.8) is 0 Å². The summed E-state index contributed by atoms with van der Waals surface area (Å²) in [6.45, 7) is 3.13. The Morgan fingerprint density at radius 3 is 2.67 bits per heavy atom. The van der Waals surface area contributed by atoms with Crippen molar-refractivity contribution in [2.75, 3.05) is 18.5 Å². The molecule has 0 heterocycles. The second-order valence-corrected chi connectivity index (χ2v) is 6.37. The van der Waals surface area contributed by atoms with E-state index in [1.807, 2.05) is 6.92 Å². The molecule has 1 fully saturated rings. The fraction of sp³-hybridized carbons (Fsp3) is 0.579. The molecular weight excluding hydrogens is 304 g/mol. The number of anilines is 1. The van der Waals surface area contributed by atoms with Gasteiger partial charge in [-0.3, -0.25) is 0 Å². The van der Waals surface area contributed by atoms with E-state index in [1.54, 1.807) is 24.3 Å². The molecule has 0 bridgehead atoms. The normalized spacial score (nSPS) is 14.9. The maximum absolute atomic E-state index is 12.1. The quantitative estimate of drug-likeness (QED) is 0.576. The van der Waals surface area contributed by atoms with Gasteiger partial charge in [0, 0.05) is 6.54 Å². The van der Waals surface area contributed by atoms with E-state index < -0.39 is 5.97 Å². The number of hydrogen-bond acceptors (Lipinski definition) is 3. The molecule has 1 aliphatic rings. The van der Waals surface area contributed by atoms with Gasteiger partial charge in [-0.05, 0) is 37.3 Å². The number of unbranched alkanes of at least 4 members (excludes halogenated alkanes) is 1. The standard InChI is InChI=1S/C19H28N2O3/c1-2-3-13-24-18(22)16-11-7-8-12-17(16)21-19(23)20-14-15-9-5-4-6-10-15/h7-8,11-12,15H,2-6,9-10,13-14H2,1H3,(H2,20,21,23). The number of para-hydroxylation sites is 1. The van der Waals surface area contributed by atoms with Crippen LogP contribution in [-0.2, 0) is 4.74 Å². The average molecular weight is 332 g/mol. The zero-order valence-corrected chi connectivity index (χ0v) is 14.5. The molecule has 2 N–H and O–H groups in total. The molecule has 0 saturated heterocycles. The van der Waals surface area contributed by atoms with Gasteiger partial charge in [-0.2, -0.15) is 0 Å². The lowest BCUT2D eigenvalue weighted by atomic mass is 9.89. The minimum atomic E-state index is -0.397. The highest BCUT2D eigenvalue weighted by molar-refractivity contribution is 6.00. The number of ether oxygens (including phenoxy) is 1. The Hall–Kier alpha value is -2.04. The molecule has 2 rings (SSSR count). The van der Waals surface area contributed by atoms with Gasteiger partial charge in [0.25, 0.3) is 0 Å². The van der Waals surface area contributed by atoms with Gasteiger partial charge in [-0.1, -0.05) is 44.7 Å². The molecule has 5 nitrogen and oxygen atoms in total. The van der Waals surface area contributed by atoms with E-state index in [-0.39, 0.29) is 6.03 Å². The molecule has 132 valence electrons. The number of carbonyl (C=O) groups excluding carboxylic acids is 2. The molecule has 1 saturated carbocycles. The molecule has 1 aliphatic carbocycles. The molecule has 0 radical (unpaired) electrons. The molecular formula is C19H28N2O3. The van der Waals surface area contributed by atoms with E-state index >= 15 is 0 Å². The van der Waals surface area contributed by atoms with Crippen molar-refractivity contribution in [3.8, 4) is 0 Å². The number of hydrogen-bond donors (Lipinski definition) is 2. The van der Waals surface area contributed by atoms with Gasteiger partial charge in [-0.25, -0.2) is 9.59 Å². The molecule has 0 aliphatic heterocycles. The molecule has 0 atom stereocenters. The van der Waals surface area contributed by atoms with Gasteiger partial charge < -0.3 is 15.4 Å². The molecule has 0 aromatic heterocycles. The summed E-state index contributed by atoms with van der Waals surface area (Å²) in [6, 6.07) is 6.68. The monoisotopic (exact) mass is 332 g/mol. The third-order valence-electron chi connectivity index (χ3n) is 4.40. The predicted molar refractivity (Wildman–Crippen MR) is 95.2 cm³/mol. The largest absolute Gasteiger partial charge is 0.462 e. The summed E-state index contributed by atoms with van der Waals surface area (Å²) >= 11 is 0. The summed E-state index contributed by atoms with van der Waals surface area (Å²) in [4.78, 5) is 24.2. The topological polar surface area (TPSA) is 67.4 Å². The van der Waals surface area contributed by atoms with Crippen molar-refractivity contribution < 1.29 is 14.3 Å². The predicted octanol–water partition coefficient (Wildman–Crippen LogP) is 4.35. The van der Waals surface area contributed by atoms with Gasteiger partial charge in [0.15, 0.2) is 0 Å². The summed E-state index contributed by atoms with van der Waals surface area (Å²) in [6.07, 6.45) is 7.97. The SMILES string of the molecule is CCCCOC(=O)c1ccccc1NC(=O)NCC1CCCCC1. The third kappa shape index (κ3) is 5.87. The highest BCUT2D eigenvalue weighted by atomic mass is 16.5. The molecule has 0 spiro atoms. The lowest BCUT2D eigenvalue weighted by Crippen LogP contribution is -2.34. The van der Waals surface area contributed by atoms with Crippen LogP contribution in [-0.4, -0.2) is 25.2 Å². The average Bonchev–Trinajstić information content (AvgIpc) is 2.61. The number of urea groups is 1. The zero-order valence-electron chi connectivity index (χ0n) is 14.5. The molecule has 1 aromatic carbocycles. The van der Waals surface area contributed by atoms with Crippen molar-refractivity contribution in [1.82, 2.24) is 5.32 Å². The molecule has 5 heteroatoms. The lowest BCUT2D eigenvalue weighted by Gasteiger charge is -2.22. The molecule has 2 amide bonds. The van der Waals surface area contributed by atoms with Crippen LogP contribution < -0.4 is 10.6 Å². The van der Waals surface area contributed by atoms with Crippen molar-refractivity contribution in [2.45, 2.75) is 51.9 Å². The Morgan fingerprint density at radius 1 is 1.17 bits per heavy atom. The Morgan fingerprint density at radius 2 is 1.92 bits per heavy atom. The van der Waals surface area contributed by atoms with E-state index in [9.17, 15) is 9.59 Å². The van der Waals surface area contributed by atoms with Crippen LogP contribution in [0.2, 0.25) is 0 Å². The third-order valence-corrected chi connectivity index (χ3v) is 4.40. The molecule has 0 unspecified atom stereocenters. The number of nitrogens with one attached hydrogen (secondary N) is 2. The summed E-state index contributed by atoms with van der Waals surface area (Å²) in [5.74, 6) is 0.172. The Labute approximate surface area is 144 Å². The minimum Gasteiger partial charge on any atom is -0.462 e. The van der Waals surface area contributed by atoms with Crippen molar-refractivity contribution in [3.05, 3.63) is 29.8 Å². The summed E-state index contributed by atoms with van der Waals surface area (Å²) in [5.41, 5.74) is 0.876. The van der Waals surface area contributed by atoms with Crippen LogP contribution in [0.1, 0.15) is 62.2 Å². The number of esters is 1. The fourth-order valence-corrected chi connectivity index (χ4v) is 2.95. The Bertz CT molecular complexity index is 539. The van der Waals surface area contributed by atoms with E-state index in [2.05, 4.69) is 10.6 Å². The van der Waals surface area contributed by atoms with E-state index in [4.69, 9.17) is 4.74 Å². The van der Waals surface area contributed by atoms with Crippen LogP contribution in [0.15, 0.2) is 24.3 Å². The first-order valence-electron chi connectivity index (χ1n) is 9.01. The highest BCUT2D eigenvalue weighted by Gasteiger charge is 2.16. The van der Waals surface area contributed by atoms with Crippen molar-refractivity contribution in [1.29, 1.82) is 0 Å². The number of benzene rings is 1. The van der Waals surface area contributed by atoms with Crippen molar-refractivity contribution >= 4 is 17.7 Å². The van der Waals surface area contributed by atoms with Gasteiger partial charge in [0.05, 0.1) is 17.9 Å². The molecule has 24 heavy (non-hydrogen) atoms. The maximum atomic E-state index is 12.1. The first-order chi connectivity index (χ1) is 11.7. The van der Waals surface area contributed by atoms with Crippen LogP contribution >= 0.6 is 0 Å². The van der Waals surface area contributed by atoms with Gasteiger partial charge in [-0.15, -0.1) is 0 Å². The Kier molecular flexibility index (Phi) is 7.59.